The van der Waals surface area contributed by atoms with E-state index in [0.29, 0.717) is 5.16 Å². The number of ether oxygens (including phenoxy) is 1. The van der Waals surface area contributed by atoms with E-state index in [0.717, 1.165) is 4.34 Å². The second-order valence-electron chi connectivity index (χ2n) is 2.18. The van der Waals surface area contributed by atoms with Gasteiger partial charge in [-0.1, -0.05) is 0 Å². The summed E-state index contributed by atoms with van der Waals surface area (Å²) >= 11 is 8.19. The van der Waals surface area contributed by atoms with Gasteiger partial charge in [-0.15, -0.1) is 0 Å². The lowest BCUT2D eigenvalue weighted by Crippen LogP contribution is -1.96. The molecular formula is C6H4ClN5OS2. The van der Waals surface area contributed by atoms with E-state index in [9.17, 15) is 0 Å². The fourth-order valence-electron chi connectivity index (χ4n) is 0.738. The van der Waals surface area contributed by atoms with E-state index < -0.39 is 0 Å². The van der Waals surface area contributed by atoms with Gasteiger partial charge < -0.3 is 4.74 Å². The number of aromatic nitrogens is 5. The van der Waals surface area contributed by atoms with Gasteiger partial charge >= 0.3 is 6.01 Å². The first-order valence-electron chi connectivity index (χ1n) is 3.68. The third-order valence-electron chi connectivity index (χ3n) is 1.27. The van der Waals surface area contributed by atoms with E-state index in [4.69, 9.17) is 16.3 Å². The molecule has 0 spiro atoms. The van der Waals surface area contributed by atoms with E-state index in [2.05, 4.69) is 24.3 Å². The summed E-state index contributed by atoms with van der Waals surface area (Å²) in [5.41, 5.74) is 0. The molecule has 0 fully saturated rings. The van der Waals surface area contributed by atoms with Gasteiger partial charge in [-0.25, -0.2) is 4.98 Å². The topological polar surface area (TPSA) is 73.7 Å². The van der Waals surface area contributed by atoms with Crippen molar-refractivity contribution in [1.82, 2.24) is 24.3 Å². The summed E-state index contributed by atoms with van der Waals surface area (Å²) in [4.78, 5) is 15.7. The summed E-state index contributed by atoms with van der Waals surface area (Å²) < 4.78 is 9.46. The van der Waals surface area contributed by atoms with Crippen molar-refractivity contribution in [2.45, 2.75) is 9.50 Å². The summed E-state index contributed by atoms with van der Waals surface area (Å²) in [6.07, 6.45) is 1.47. The second kappa shape index (κ2) is 4.69. The lowest BCUT2D eigenvalue weighted by molar-refractivity contribution is 0.373. The lowest BCUT2D eigenvalue weighted by atomic mass is 11.0. The predicted octanol–water partition coefficient (Wildman–Crippen LogP) is 1.54. The predicted molar refractivity (Wildman–Crippen MR) is 55.4 cm³/mol. The number of halogens is 1. The Morgan fingerprint density at radius 1 is 1.40 bits per heavy atom. The standard InChI is InChI=1S/C6H4ClN5OS2/c1-13-4-10-3(7)11-5(12-4)14-6-8-2-9-15-6/h2H,1H3. The maximum atomic E-state index is 5.68. The minimum absolute atomic E-state index is 0.0915. The zero-order valence-electron chi connectivity index (χ0n) is 7.42. The number of methoxy groups -OCH3 is 1. The molecule has 78 valence electrons. The number of hydrogen-bond acceptors (Lipinski definition) is 8. The molecule has 0 saturated heterocycles. The average Bonchev–Trinajstić information content (AvgIpc) is 2.69. The van der Waals surface area contributed by atoms with Gasteiger partial charge in [0.25, 0.3) is 0 Å². The number of rotatable bonds is 3. The molecule has 0 aliphatic rings. The largest absolute Gasteiger partial charge is 0.467 e. The van der Waals surface area contributed by atoms with Crippen LogP contribution in [0.5, 0.6) is 6.01 Å². The molecule has 2 rings (SSSR count). The van der Waals surface area contributed by atoms with E-state index >= 15 is 0 Å². The van der Waals surface area contributed by atoms with Crippen LogP contribution in [0.3, 0.4) is 0 Å². The molecule has 0 unspecified atom stereocenters. The monoisotopic (exact) mass is 261 g/mol. The molecule has 9 heteroatoms. The molecule has 0 atom stereocenters. The van der Waals surface area contributed by atoms with Crippen LogP contribution in [-0.2, 0) is 0 Å². The van der Waals surface area contributed by atoms with Crippen LogP contribution in [0, 0.1) is 0 Å². The third kappa shape index (κ3) is 2.74. The Morgan fingerprint density at radius 3 is 2.93 bits per heavy atom. The molecule has 0 aromatic carbocycles. The molecule has 2 aromatic rings. The smallest absolute Gasteiger partial charge is 0.321 e. The van der Waals surface area contributed by atoms with Gasteiger partial charge in [0.1, 0.15) is 6.33 Å². The lowest BCUT2D eigenvalue weighted by Gasteiger charge is -1.99. The first-order valence-corrected chi connectivity index (χ1v) is 5.65. The molecule has 2 aromatic heterocycles. The van der Waals surface area contributed by atoms with E-state index in [1.54, 1.807) is 0 Å². The SMILES string of the molecule is COc1nc(Cl)nc(Sc2ncns2)n1. The Bertz CT molecular complexity index is 451. The van der Waals surface area contributed by atoms with Crippen molar-refractivity contribution in [2.75, 3.05) is 7.11 Å². The van der Waals surface area contributed by atoms with Gasteiger partial charge in [-0.05, 0) is 34.9 Å². The zero-order valence-corrected chi connectivity index (χ0v) is 9.81. The van der Waals surface area contributed by atoms with E-state index in [-0.39, 0.29) is 11.3 Å². The highest BCUT2D eigenvalue weighted by atomic mass is 35.5. The summed E-state index contributed by atoms with van der Waals surface area (Å²) in [5, 5.41) is 0.525. The Balaban J connectivity index is 2.24. The maximum Gasteiger partial charge on any atom is 0.321 e. The maximum absolute atomic E-state index is 5.68. The molecule has 0 bridgehead atoms. The van der Waals surface area contributed by atoms with Gasteiger partial charge in [0.2, 0.25) is 10.4 Å². The molecule has 0 radical (unpaired) electrons. The van der Waals surface area contributed by atoms with Gasteiger partial charge in [-0.2, -0.15) is 19.3 Å². The van der Waals surface area contributed by atoms with Gasteiger partial charge in [-0.3, -0.25) is 0 Å². The van der Waals surface area contributed by atoms with Crippen LogP contribution in [0.1, 0.15) is 0 Å². The molecule has 6 nitrogen and oxygen atoms in total. The third-order valence-corrected chi connectivity index (χ3v) is 3.02. The molecule has 0 aliphatic carbocycles. The van der Waals surface area contributed by atoms with Gasteiger partial charge in [0, 0.05) is 0 Å². The van der Waals surface area contributed by atoms with Crippen molar-refractivity contribution in [3.63, 3.8) is 0 Å². The van der Waals surface area contributed by atoms with E-state index in [1.807, 2.05) is 0 Å². The minimum Gasteiger partial charge on any atom is -0.467 e. The van der Waals surface area contributed by atoms with Crippen LogP contribution in [0.25, 0.3) is 0 Å². The van der Waals surface area contributed by atoms with Gasteiger partial charge in [0.05, 0.1) is 7.11 Å². The van der Waals surface area contributed by atoms with Crippen LogP contribution in [-0.4, -0.2) is 31.4 Å². The number of nitrogens with zero attached hydrogens (tertiary/aromatic N) is 5. The fraction of sp³-hybridized carbons (Fsp3) is 0.167. The van der Waals surface area contributed by atoms with Crippen molar-refractivity contribution in [1.29, 1.82) is 0 Å². The molecule has 0 amide bonds. The number of hydrogen-bond donors (Lipinski definition) is 0. The van der Waals surface area contributed by atoms with Crippen molar-refractivity contribution in [2.24, 2.45) is 0 Å². The van der Waals surface area contributed by atoms with Crippen LogP contribution in [0.2, 0.25) is 5.28 Å². The van der Waals surface area contributed by atoms with Crippen molar-refractivity contribution < 1.29 is 4.74 Å². The van der Waals surface area contributed by atoms with Crippen molar-refractivity contribution >= 4 is 34.9 Å². The highest BCUT2D eigenvalue weighted by molar-refractivity contribution is 8.00. The fourth-order valence-corrected chi connectivity index (χ4v) is 2.23. The summed E-state index contributed by atoms with van der Waals surface area (Å²) in [7, 11) is 1.46. The average molecular weight is 262 g/mol. The van der Waals surface area contributed by atoms with Crippen molar-refractivity contribution in [3.05, 3.63) is 11.6 Å². The Kier molecular flexibility index (Phi) is 3.29. The Hall–Kier alpha value is -0.990. The van der Waals surface area contributed by atoms with Crippen LogP contribution < -0.4 is 4.74 Å². The van der Waals surface area contributed by atoms with Crippen molar-refractivity contribution in [3.8, 4) is 6.01 Å². The highest BCUT2D eigenvalue weighted by Gasteiger charge is 2.08. The summed E-state index contributed by atoms with van der Waals surface area (Å²) in [5.74, 6) is 0. The molecule has 0 aliphatic heterocycles. The van der Waals surface area contributed by atoms with Gasteiger partial charge in [0.15, 0.2) is 4.34 Å². The zero-order chi connectivity index (χ0) is 10.7. The van der Waals surface area contributed by atoms with Crippen LogP contribution in [0.4, 0.5) is 0 Å². The minimum atomic E-state index is 0.0915. The highest BCUT2D eigenvalue weighted by Crippen LogP contribution is 2.26. The molecule has 2 heterocycles. The first-order chi connectivity index (χ1) is 7.28. The van der Waals surface area contributed by atoms with Crippen LogP contribution in [0.15, 0.2) is 15.8 Å². The normalized spacial score (nSPS) is 10.3. The van der Waals surface area contributed by atoms with Crippen LogP contribution >= 0.6 is 34.9 Å². The molecule has 15 heavy (non-hydrogen) atoms. The first kappa shape index (κ1) is 10.5. The Morgan fingerprint density at radius 2 is 2.27 bits per heavy atom. The molecule has 0 saturated carbocycles. The quantitative estimate of drug-likeness (QED) is 0.829. The second-order valence-corrected chi connectivity index (χ2v) is 4.52. The summed E-state index contributed by atoms with van der Waals surface area (Å²) in [6, 6.07) is 0.182. The molecule has 0 N–H and O–H groups in total. The molecular weight excluding hydrogens is 258 g/mol. The van der Waals surface area contributed by atoms with E-state index in [1.165, 1.54) is 36.7 Å². The summed E-state index contributed by atoms with van der Waals surface area (Å²) in [6.45, 7) is 0. The Labute approximate surface area is 98.3 Å².